The van der Waals surface area contributed by atoms with E-state index >= 15 is 0 Å². The lowest BCUT2D eigenvalue weighted by Crippen LogP contribution is -2.39. The maximum atomic E-state index is 13.2. The van der Waals surface area contributed by atoms with E-state index in [1.54, 1.807) is 18.2 Å². The summed E-state index contributed by atoms with van der Waals surface area (Å²) in [6, 6.07) is 9.10. The van der Waals surface area contributed by atoms with Crippen molar-refractivity contribution in [1.29, 1.82) is 0 Å². The predicted octanol–water partition coefficient (Wildman–Crippen LogP) is 1.88. The SMILES string of the molecule is Cc1cc(N2CCOCC2)nc(C2CCN(C(=O)c3n[nH]c(=O)c4ccccc34)CC2)n1. The third kappa shape index (κ3) is 3.95. The minimum atomic E-state index is -0.288. The van der Waals surface area contributed by atoms with Gasteiger partial charge in [-0.2, -0.15) is 5.10 Å². The van der Waals surface area contributed by atoms with Crippen molar-refractivity contribution in [2.75, 3.05) is 44.3 Å². The Balaban J connectivity index is 1.32. The monoisotopic (exact) mass is 434 g/mol. The zero-order valence-corrected chi connectivity index (χ0v) is 18.1. The summed E-state index contributed by atoms with van der Waals surface area (Å²) in [7, 11) is 0. The van der Waals surface area contributed by atoms with Crippen LogP contribution in [0.25, 0.3) is 10.8 Å². The Hall–Kier alpha value is -3.33. The first-order valence-electron chi connectivity index (χ1n) is 11.0. The van der Waals surface area contributed by atoms with Crippen molar-refractivity contribution in [2.45, 2.75) is 25.7 Å². The summed E-state index contributed by atoms with van der Waals surface area (Å²) in [5.74, 6) is 1.86. The van der Waals surface area contributed by atoms with Gasteiger partial charge in [0.2, 0.25) is 0 Å². The van der Waals surface area contributed by atoms with Crippen molar-refractivity contribution in [2.24, 2.45) is 0 Å². The zero-order valence-electron chi connectivity index (χ0n) is 18.1. The number of aromatic nitrogens is 4. The average Bonchev–Trinajstić information content (AvgIpc) is 2.84. The quantitative estimate of drug-likeness (QED) is 0.671. The average molecular weight is 435 g/mol. The summed E-state index contributed by atoms with van der Waals surface area (Å²) in [5.41, 5.74) is 0.961. The minimum Gasteiger partial charge on any atom is -0.378 e. The molecule has 9 nitrogen and oxygen atoms in total. The van der Waals surface area contributed by atoms with Gasteiger partial charge in [-0.1, -0.05) is 18.2 Å². The number of nitrogens with zero attached hydrogens (tertiary/aromatic N) is 5. The number of nitrogens with one attached hydrogen (secondary N) is 1. The van der Waals surface area contributed by atoms with Crippen molar-refractivity contribution in [3.63, 3.8) is 0 Å². The number of carbonyl (C=O) groups excluding carboxylic acids is 1. The molecule has 2 aliphatic heterocycles. The summed E-state index contributed by atoms with van der Waals surface area (Å²) >= 11 is 0. The van der Waals surface area contributed by atoms with Gasteiger partial charge in [-0.15, -0.1) is 0 Å². The molecular weight excluding hydrogens is 408 g/mol. The van der Waals surface area contributed by atoms with Gasteiger partial charge in [-0.05, 0) is 25.8 Å². The normalized spacial score (nSPS) is 17.7. The molecular formula is C23H26N6O3. The number of aryl methyl sites for hydroxylation is 1. The lowest BCUT2D eigenvalue weighted by atomic mass is 9.95. The van der Waals surface area contributed by atoms with Gasteiger partial charge in [-0.3, -0.25) is 9.59 Å². The molecule has 0 radical (unpaired) electrons. The van der Waals surface area contributed by atoms with Gasteiger partial charge in [0.25, 0.3) is 11.5 Å². The number of fused-ring (bicyclic) bond motifs is 1. The third-order valence-corrected chi connectivity index (χ3v) is 6.24. The highest BCUT2D eigenvalue weighted by Gasteiger charge is 2.28. The summed E-state index contributed by atoms with van der Waals surface area (Å²) in [6.45, 7) is 6.30. The number of aromatic amines is 1. The van der Waals surface area contributed by atoms with Crippen molar-refractivity contribution in [1.82, 2.24) is 25.1 Å². The van der Waals surface area contributed by atoms with Crippen LogP contribution in [0.3, 0.4) is 0 Å². The van der Waals surface area contributed by atoms with Crippen LogP contribution in [0.1, 0.15) is 40.8 Å². The fourth-order valence-electron chi connectivity index (χ4n) is 4.48. The smallest absolute Gasteiger partial charge is 0.274 e. The van der Waals surface area contributed by atoms with Crippen molar-refractivity contribution in [3.05, 3.63) is 57.9 Å². The topological polar surface area (TPSA) is 104 Å². The number of carbonyl (C=O) groups is 1. The van der Waals surface area contributed by atoms with Gasteiger partial charge in [0.1, 0.15) is 11.6 Å². The summed E-state index contributed by atoms with van der Waals surface area (Å²) in [4.78, 5) is 38.8. The summed E-state index contributed by atoms with van der Waals surface area (Å²) < 4.78 is 5.45. The molecule has 0 bridgehead atoms. The number of ether oxygens (including phenoxy) is 1. The molecule has 2 fully saturated rings. The van der Waals surface area contributed by atoms with E-state index in [0.717, 1.165) is 43.3 Å². The fourth-order valence-corrected chi connectivity index (χ4v) is 4.48. The van der Waals surface area contributed by atoms with E-state index in [4.69, 9.17) is 14.7 Å². The molecule has 9 heteroatoms. The molecule has 2 aliphatic rings. The molecule has 0 saturated carbocycles. The van der Waals surface area contributed by atoms with Crippen molar-refractivity contribution >= 4 is 22.5 Å². The van der Waals surface area contributed by atoms with Crippen LogP contribution in [0.5, 0.6) is 0 Å². The number of piperidine rings is 1. The Morgan fingerprint density at radius 3 is 2.53 bits per heavy atom. The Bertz CT molecular complexity index is 1200. The lowest BCUT2D eigenvalue weighted by Gasteiger charge is -2.32. The van der Waals surface area contributed by atoms with Crippen molar-refractivity contribution < 1.29 is 9.53 Å². The number of benzene rings is 1. The highest BCUT2D eigenvalue weighted by Crippen LogP contribution is 2.28. The van der Waals surface area contributed by atoms with E-state index in [1.165, 1.54) is 0 Å². The van der Waals surface area contributed by atoms with Gasteiger partial charge >= 0.3 is 0 Å². The van der Waals surface area contributed by atoms with E-state index in [2.05, 4.69) is 15.1 Å². The molecule has 1 aromatic carbocycles. The molecule has 3 aromatic rings. The van der Waals surface area contributed by atoms with E-state index in [1.807, 2.05) is 24.0 Å². The van der Waals surface area contributed by atoms with Crippen molar-refractivity contribution in [3.8, 4) is 0 Å². The molecule has 0 unspecified atom stereocenters. The number of hydrogen-bond acceptors (Lipinski definition) is 7. The van der Waals surface area contributed by atoms with Crippen LogP contribution in [0.4, 0.5) is 5.82 Å². The first-order valence-corrected chi connectivity index (χ1v) is 11.0. The molecule has 4 heterocycles. The van der Waals surface area contributed by atoms with E-state index < -0.39 is 0 Å². The van der Waals surface area contributed by atoms with Gasteiger partial charge in [0, 0.05) is 49.2 Å². The van der Waals surface area contributed by atoms with E-state index in [0.29, 0.717) is 42.8 Å². The molecule has 166 valence electrons. The summed E-state index contributed by atoms with van der Waals surface area (Å²) in [6.07, 6.45) is 1.58. The standard InChI is InChI=1S/C23H26N6O3/c1-15-14-19(28-10-12-32-13-11-28)25-21(24-15)16-6-8-29(9-7-16)23(31)20-17-4-2-3-5-18(17)22(30)27-26-20/h2-5,14,16H,6-13H2,1H3,(H,27,30). The summed E-state index contributed by atoms with van der Waals surface area (Å²) in [5, 5.41) is 7.58. The first kappa shape index (κ1) is 20.6. The number of rotatable bonds is 3. The van der Waals surface area contributed by atoms with E-state index in [9.17, 15) is 9.59 Å². The number of morpholine rings is 1. The number of H-pyrrole nitrogens is 1. The van der Waals surface area contributed by atoms with Crippen LogP contribution in [-0.4, -0.2) is 70.4 Å². The second kappa shape index (κ2) is 8.66. The maximum Gasteiger partial charge on any atom is 0.274 e. The van der Waals surface area contributed by atoms with Gasteiger partial charge in [-0.25, -0.2) is 15.1 Å². The van der Waals surface area contributed by atoms with E-state index in [-0.39, 0.29) is 17.4 Å². The molecule has 0 spiro atoms. The number of amides is 1. The third-order valence-electron chi connectivity index (χ3n) is 6.24. The Morgan fingerprint density at radius 1 is 1.06 bits per heavy atom. The maximum absolute atomic E-state index is 13.2. The molecule has 32 heavy (non-hydrogen) atoms. The Morgan fingerprint density at radius 2 is 1.78 bits per heavy atom. The number of hydrogen-bond donors (Lipinski definition) is 1. The second-order valence-corrected chi connectivity index (χ2v) is 8.34. The largest absolute Gasteiger partial charge is 0.378 e. The molecule has 0 atom stereocenters. The lowest BCUT2D eigenvalue weighted by molar-refractivity contribution is 0.0706. The van der Waals surface area contributed by atoms with Gasteiger partial charge in [0.15, 0.2) is 5.69 Å². The Labute approximate surface area is 185 Å². The zero-order chi connectivity index (χ0) is 22.1. The molecule has 2 aromatic heterocycles. The minimum absolute atomic E-state index is 0.157. The molecule has 1 N–H and O–H groups in total. The number of anilines is 1. The van der Waals surface area contributed by atoms with Crippen LogP contribution in [0, 0.1) is 6.92 Å². The van der Waals surface area contributed by atoms with Gasteiger partial charge in [0.05, 0.1) is 18.6 Å². The fraction of sp³-hybridized carbons (Fsp3) is 0.435. The highest BCUT2D eigenvalue weighted by atomic mass is 16.5. The predicted molar refractivity (Wildman–Crippen MR) is 120 cm³/mol. The molecule has 0 aliphatic carbocycles. The van der Waals surface area contributed by atoms with Crippen LogP contribution in [0.2, 0.25) is 0 Å². The van der Waals surface area contributed by atoms with Crippen LogP contribution in [-0.2, 0) is 4.74 Å². The van der Waals surface area contributed by atoms with Crippen LogP contribution in [0.15, 0.2) is 35.1 Å². The van der Waals surface area contributed by atoms with Crippen LogP contribution < -0.4 is 10.5 Å². The second-order valence-electron chi connectivity index (χ2n) is 8.34. The highest BCUT2D eigenvalue weighted by molar-refractivity contribution is 6.04. The van der Waals surface area contributed by atoms with Crippen LogP contribution >= 0.6 is 0 Å². The number of likely N-dealkylation sites (tertiary alicyclic amines) is 1. The molecule has 1 amide bonds. The molecule has 2 saturated heterocycles. The molecule has 5 rings (SSSR count). The van der Waals surface area contributed by atoms with Gasteiger partial charge < -0.3 is 14.5 Å². The first-order chi connectivity index (χ1) is 15.6. The Kier molecular flexibility index (Phi) is 5.57.